The van der Waals surface area contributed by atoms with Crippen LogP contribution in [0.4, 0.5) is 10.1 Å². The zero-order valence-electron chi connectivity index (χ0n) is 21.4. The largest absolute Gasteiger partial charge is 0.493 e. The number of nitrogens with zero attached hydrogens (tertiary/aromatic N) is 2. The molecule has 2 aromatic rings. The van der Waals surface area contributed by atoms with Crippen LogP contribution in [0.2, 0.25) is 0 Å². The molecule has 0 aliphatic rings. The molecule has 0 saturated carbocycles. The number of halogens is 1. The van der Waals surface area contributed by atoms with Gasteiger partial charge in [-0.3, -0.25) is 13.9 Å². The number of hydrogen-bond acceptors (Lipinski definition) is 6. The van der Waals surface area contributed by atoms with E-state index in [0.717, 1.165) is 10.6 Å². The van der Waals surface area contributed by atoms with Crippen LogP contribution in [0.5, 0.6) is 11.5 Å². The number of benzene rings is 2. The van der Waals surface area contributed by atoms with Crippen molar-refractivity contribution in [1.82, 2.24) is 10.2 Å². The van der Waals surface area contributed by atoms with Gasteiger partial charge < -0.3 is 19.7 Å². The fraction of sp³-hybridized carbons (Fsp3) is 0.440. The third kappa shape index (κ3) is 7.58. The molecule has 0 fully saturated rings. The van der Waals surface area contributed by atoms with Gasteiger partial charge in [-0.1, -0.05) is 19.1 Å². The molecule has 2 amide bonds. The molecule has 0 saturated heterocycles. The van der Waals surface area contributed by atoms with Crippen LogP contribution in [0.1, 0.15) is 32.8 Å². The van der Waals surface area contributed by atoms with Crippen LogP contribution in [-0.2, 0) is 26.2 Å². The van der Waals surface area contributed by atoms with Crippen molar-refractivity contribution >= 4 is 27.5 Å². The Hall–Kier alpha value is -3.34. The van der Waals surface area contributed by atoms with E-state index in [1.165, 1.54) is 61.6 Å². The molecule has 0 heterocycles. The highest BCUT2D eigenvalue weighted by Crippen LogP contribution is 2.32. The topological polar surface area (TPSA) is 105 Å². The maximum absolute atomic E-state index is 13.5. The smallest absolute Gasteiger partial charge is 0.244 e. The average Bonchev–Trinajstić information content (AvgIpc) is 2.85. The number of carbonyl (C=O) groups is 2. The van der Waals surface area contributed by atoms with Gasteiger partial charge in [-0.2, -0.15) is 0 Å². The number of rotatable bonds is 12. The lowest BCUT2D eigenvalue weighted by molar-refractivity contribution is -0.139. The van der Waals surface area contributed by atoms with Gasteiger partial charge in [0, 0.05) is 18.7 Å². The Bertz CT molecular complexity index is 1160. The number of ether oxygens (including phenoxy) is 2. The lowest BCUT2D eigenvalue weighted by Crippen LogP contribution is -2.52. The first-order valence-corrected chi connectivity index (χ1v) is 13.3. The predicted octanol–water partition coefficient (Wildman–Crippen LogP) is 2.94. The van der Waals surface area contributed by atoms with Gasteiger partial charge in [0.25, 0.3) is 0 Å². The Balaban J connectivity index is 2.43. The third-order valence-electron chi connectivity index (χ3n) is 5.77. The normalized spacial score (nSPS) is 12.9. The van der Waals surface area contributed by atoms with Crippen LogP contribution in [0, 0.1) is 5.82 Å². The Morgan fingerprint density at radius 1 is 1.03 bits per heavy atom. The van der Waals surface area contributed by atoms with Crippen LogP contribution in [0.25, 0.3) is 0 Å². The van der Waals surface area contributed by atoms with Gasteiger partial charge in [-0.25, -0.2) is 12.8 Å². The minimum absolute atomic E-state index is 0.0161. The van der Waals surface area contributed by atoms with E-state index in [2.05, 4.69) is 5.32 Å². The SMILES string of the molecule is CC[C@H](C)NC(=O)[C@@H](C)N(Cc1ccc(F)cc1)C(=O)CN(c1ccc(OC)c(OC)c1)S(C)(=O)=O. The number of anilines is 1. The van der Waals surface area contributed by atoms with E-state index in [-0.39, 0.29) is 24.2 Å². The summed E-state index contributed by atoms with van der Waals surface area (Å²) < 4.78 is 50.2. The molecule has 2 rings (SSSR count). The van der Waals surface area contributed by atoms with Crippen molar-refractivity contribution in [2.75, 3.05) is 31.3 Å². The average molecular weight is 524 g/mol. The van der Waals surface area contributed by atoms with Crippen molar-refractivity contribution < 1.29 is 31.9 Å². The molecule has 1 N–H and O–H groups in total. The number of amides is 2. The van der Waals surface area contributed by atoms with Gasteiger partial charge in [0.15, 0.2) is 11.5 Å². The molecule has 2 atom stereocenters. The molecule has 2 aromatic carbocycles. The van der Waals surface area contributed by atoms with E-state index < -0.39 is 34.3 Å². The summed E-state index contributed by atoms with van der Waals surface area (Å²) >= 11 is 0. The molecule has 36 heavy (non-hydrogen) atoms. The Morgan fingerprint density at radius 3 is 2.17 bits per heavy atom. The van der Waals surface area contributed by atoms with Gasteiger partial charge >= 0.3 is 0 Å². The third-order valence-corrected chi connectivity index (χ3v) is 6.91. The quantitative estimate of drug-likeness (QED) is 0.459. The number of nitrogens with one attached hydrogen (secondary N) is 1. The van der Waals surface area contributed by atoms with Gasteiger partial charge in [-0.15, -0.1) is 0 Å². The van der Waals surface area contributed by atoms with Crippen LogP contribution in [-0.4, -0.2) is 64.2 Å². The van der Waals surface area contributed by atoms with E-state index in [1.807, 2.05) is 13.8 Å². The number of carbonyl (C=O) groups excluding carboxylic acids is 2. The maximum Gasteiger partial charge on any atom is 0.244 e. The van der Waals surface area contributed by atoms with Crippen LogP contribution in [0.15, 0.2) is 42.5 Å². The lowest BCUT2D eigenvalue weighted by atomic mass is 10.1. The van der Waals surface area contributed by atoms with Crippen molar-refractivity contribution in [3.63, 3.8) is 0 Å². The molecule has 0 aromatic heterocycles. The van der Waals surface area contributed by atoms with Gasteiger partial charge in [0.1, 0.15) is 18.4 Å². The zero-order valence-corrected chi connectivity index (χ0v) is 22.3. The van der Waals surface area contributed by atoms with Gasteiger partial charge in [0.05, 0.1) is 26.2 Å². The molecule has 9 nitrogen and oxygen atoms in total. The lowest BCUT2D eigenvalue weighted by Gasteiger charge is -2.32. The van der Waals surface area contributed by atoms with Crippen LogP contribution < -0.4 is 19.1 Å². The molecule has 0 unspecified atom stereocenters. The predicted molar refractivity (Wildman–Crippen MR) is 136 cm³/mol. The van der Waals surface area contributed by atoms with E-state index in [0.29, 0.717) is 23.5 Å². The van der Waals surface area contributed by atoms with Crippen molar-refractivity contribution in [1.29, 1.82) is 0 Å². The van der Waals surface area contributed by atoms with Crippen molar-refractivity contribution in [2.24, 2.45) is 0 Å². The molecule has 0 spiro atoms. The first-order chi connectivity index (χ1) is 16.9. The molecule has 0 aliphatic carbocycles. The van der Waals surface area contributed by atoms with E-state index in [4.69, 9.17) is 9.47 Å². The van der Waals surface area contributed by atoms with Gasteiger partial charge in [0.2, 0.25) is 21.8 Å². The monoisotopic (exact) mass is 523 g/mol. The maximum atomic E-state index is 13.5. The Labute approximate surface area is 212 Å². The van der Waals surface area contributed by atoms with E-state index in [1.54, 1.807) is 6.92 Å². The molecular formula is C25H34FN3O6S. The number of hydrogen-bond donors (Lipinski definition) is 1. The summed E-state index contributed by atoms with van der Waals surface area (Å²) in [6, 6.07) is 9.01. The number of methoxy groups -OCH3 is 2. The van der Waals surface area contributed by atoms with Crippen molar-refractivity contribution in [3.05, 3.63) is 53.8 Å². The molecule has 198 valence electrons. The first-order valence-electron chi connectivity index (χ1n) is 11.4. The fourth-order valence-electron chi connectivity index (χ4n) is 3.43. The first kappa shape index (κ1) is 28.9. The molecule has 0 radical (unpaired) electrons. The molecule has 11 heteroatoms. The molecule has 0 aliphatic heterocycles. The summed E-state index contributed by atoms with van der Waals surface area (Å²) in [5.41, 5.74) is 0.784. The molecular weight excluding hydrogens is 489 g/mol. The Kier molecular flexibility index (Phi) is 10.1. The summed E-state index contributed by atoms with van der Waals surface area (Å²) in [4.78, 5) is 27.7. The van der Waals surface area contributed by atoms with E-state index in [9.17, 15) is 22.4 Å². The highest BCUT2D eigenvalue weighted by molar-refractivity contribution is 7.92. The summed E-state index contributed by atoms with van der Waals surface area (Å²) in [6.07, 6.45) is 1.69. The highest BCUT2D eigenvalue weighted by atomic mass is 32.2. The second-order valence-electron chi connectivity index (χ2n) is 8.45. The summed E-state index contributed by atoms with van der Waals surface area (Å²) in [6.45, 7) is 4.76. The van der Waals surface area contributed by atoms with Crippen LogP contribution >= 0.6 is 0 Å². The Morgan fingerprint density at radius 2 is 1.64 bits per heavy atom. The highest BCUT2D eigenvalue weighted by Gasteiger charge is 2.30. The number of sulfonamides is 1. The fourth-order valence-corrected chi connectivity index (χ4v) is 4.27. The van der Waals surface area contributed by atoms with E-state index >= 15 is 0 Å². The van der Waals surface area contributed by atoms with Crippen LogP contribution in [0.3, 0.4) is 0 Å². The van der Waals surface area contributed by atoms with Crippen molar-refractivity contribution in [3.8, 4) is 11.5 Å². The van der Waals surface area contributed by atoms with Crippen molar-refractivity contribution in [2.45, 2.75) is 45.8 Å². The zero-order chi connectivity index (χ0) is 27.0. The second-order valence-corrected chi connectivity index (χ2v) is 10.4. The standard InChI is InChI=1S/C25H34FN3O6S/c1-7-17(2)27-25(31)18(3)28(15-19-8-10-20(26)11-9-19)24(30)16-29(36(6,32)33)21-12-13-22(34-4)23(14-21)35-5/h8-14,17-18H,7,15-16H2,1-6H3,(H,27,31)/t17-,18+/m0/s1. The van der Waals surface area contributed by atoms with Gasteiger partial charge in [-0.05, 0) is 50.1 Å². The summed E-state index contributed by atoms with van der Waals surface area (Å²) in [5.74, 6) is -0.728. The minimum atomic E-state index is -3.90. The summed E-state index contributed by atoms with van der Waals surface area (Å²) in [7, 11) is -1.03. The second kappa shape index (κ2) is 12.6. The summed E-state index contributed by atoms with van der Waals surface area (Å²) in [5, 5.41) is 2.85. The molecule has 0 bridgehead atoms. The minimum Gasteiger partial charge on any atom is -0.493 e.